The summed E-state index contributed by atoms with van der Waals surface area (Å²) in [5.41, 5.74) is 1.94. The molecule has 0 aliphatic heterocycles. The normalized spacial score (nSPS) is 10.4. The third kappa shape index (κ3) is 2.71. The number of phenols is 3. The summed E-state index contributed by atoms with van der Waals surface area (Å²) in [6, 6.07) is 10.1. The maximum Gasteiger partial charge on any atom is 0.200 e. The van der Waals surface area contributed by atoms with Gasteiger partial charge in [0.2, 0.25) is 5.75 Å². The Bertz CT molecular complexity index is 584. The van der Waals surface area contributed by atoms with Crippen LogP contribution in [-0.2, 0) is 13.2 Å². The fourth-order valence-electron chi connectivity index (χ4n) is 1.77. The lowest BCUT2D eigenvalue weighted by Crippen LogP contribution is -2.02. The lowest BCUT2D eigenvalue weighted by molar-refractivity contribution is 0.282. The number of hydrogen-bond acceptors (Lipinski definition) is 5. The van der Waals surface area contributed by atoms with E-state index in [1.54, 1.807) is 6.07 Å². The molecule has 0 bridgehead atoms. The first kappa shape index (κ1) is 13.0. The van der Waals surface area contributed by atoms with Crippen molar-refractivity contribution in [2.24, 2.45) is 0 Å². The lowest BCUT2D eigenvalue weighted by atomic mass is 10.1. The predicted molar refractivity (Wildman–Crippen MR) is 71.1 cm³/mol. The molecule has 5 N–H and O–H groups in total. The molecule has 0 radical (unpaired) electrons. The van der Waals surface area contributed by atoms with Gasteiger partial charge >= 0.3 is 0 Å². The van der Waals surface area contributed by atoms with Gasteiger partial charge in [0, 0.05) is 23.4 Å². The topological polar surface area (TPSA) is 93.0 Å². The minimum atomic E-state index is -0.533. The van der Waals surface area contributed by atoms with Crippen LogP contribution in [0.25, 0.3) is 0 Å². The zero-order valence-electron chi connectivity index (χ0n) is 10.2. The van der Waals surface area contributed by atoms with E-state index >= 15 is 0 Å². The van der Waals surface area contributed by atoms with Crippen molar-refractivity contribution in [3.8, 4) is 17.2 Å². The standard InChI is InChI=1S/C14H15NO4/c16-8-10-3-1-2-4-11(10)15-7-9-5-6-12(17)14(19)13(9)18/h1-6,15-19H,7-8H2. The maximum atomic E-state index is 9.68. The summed E-state index contributed by atoms with van der Waals surface area (Å²) in [4.78, 5) is 0. The number of aliphatic hydroxyl groups excluding tert-OH is 1. The number of benzene rings is 2. The molecule has 0 saturated heterocycles. The van der Waals surface area contributed by atoms with Gasteiger partial charge < -0.3 is 25.7 Å². The highest BCUT2D eigenvalue weighted by Crippen LogP contribution is 2.37. The first-order valence-electron chi connectivity index (χ1n) is 5.79. The van der Waals surface area contributed by atoms with Crippen molar-refractivity contribution < 1.29 is 20.4 Å². The summed E-state index contributed by atoms with van der Waals surface area (Å²) >= 11 is 0. The zero-order chi connectivity index (χ0) is 13.8. The number of aliphatic hydroxyl groups is 1. The smallest absolute Gasteiger partial charge is 0.200 e. The highest BCUT2D eigenvalue weighted by Gasteiger charge is 2.11. The number of phenolic OH excluding ortho intramolecular Hbond substituents is 3. The monoisotopic (exact) mass is 261 g/mol. The molecule has 0 unspecified atom stereocenters. The zero-order valence-corrected chi connectivity index (χ0v) is 10.2. The second-order valence-electron chi connectivity index (χ2n) is 4.11. The first-order chi connectivity index (χ1) is 9.13. The molecule has 0 heterocycles. The van der Waals surface area contributed by atoms with Crippen molar-refractivity contribution in [2.45, 2.75) is 13.2 Å². The third-order valence-electron chi connectivity index (χ3n) is 2.87. The van der Waals surface area contributed by atoms with Gasteiger partial charge in [-0.05, 0) is 18.2 Å². The van der Waals surface area contributed by atoms with Gasteiger partial charge in [0.15, 0.2) is 11.5 Å². The van der Waals surface area contributed by atoms with Crippen molar-refractivity contribution in [3.05, 3.63) is 47.5 Å². The van der Waals surface area contributed by atoms with Gasteiger partial charge in [0.25, 0.3) is 0 Å². The SMILES string of the molecule is OCc1ccccc1NCc1ccc(O)c(O)c1O. The van der Waals surface area contributed by atoms with E-state index in [2.05, 4.69) is 5.32 Å². The molecule has 2 rings (SSSR count). The summed E-state index contributed by atoms with van der Waals surface area (Å²) in [6.45, 7) is 0.173. The van der Waals surface area contributed by atoms with Crippen molar-refractivity contribution in [2.75, 3.05) is 5.32 Å². The number of nitrogens with one attached hydrogen (secondary N) is 1. The molecule has 0 aliphatic rings. The highest BCUT2D eigenvalue weighted by molar-refractivity contribution is 5.56. The van der Waals surface area contributed by atoms with E-state index in [0.29, 0.717) is 5.56 Å². The molecule has 0 atom stereocenters. The van der Waals surface area contributed by atoms with Gasteiger partial charge in [0.1, 0.15) is 0 Å². The number of anilines is 1. The molecule has 5 heteroatoms. The molecule has 0 fully saturated rings. The lowest BCUT2D eigenvalue weighted by Gasteiger charge is -2.12. The van der Waals surface area contributed by atoms with Gasteiger partial charge in [-0.1, -0.05) is 18.2 Å². The van der Waals surface area contributed by atoms with E-state index in [0.717, 1.165) is 11.3 Å². The van der Waals surface area contributed by atoms with Crippen LogP contribution in [0.4, 0.5) is 5.69 Å². The Hall–Kier alpha value is -2.40. The minimum Gasteiger partial charge on any atom is -0.504 e. The fraction of sp³-hybridized carbons (Fsp3) is 0.143. The third-order valence-corrected chi connectivity index (χ3v) is 2.87. The molecular formula is C14H15NO4. The van der Waals surface area contributed by atoms with Crippen LogP contribution in [-0.4, -0.2) is 20.4 Å². The predicted octanol–water partition coefficient (Wildman–Crippen LogP) is 1.91. The molecule has 0 aromatic heterocycles. The van der Waals surface area contributed by atoms with E-state index in [4.69, 9.17) is 0 Å². The van der Waals surface area contributed by atoms with Crippen LogP contribution < -0.4 is 5.32 Å². The van der Waals surface area contributed by atoms with Gasteiger partial charge in [-0.3, -0.25) is 0 Å². The Morgan fingerprint density at radius 3 is 2.32 bits per heavy atom. The van der Waals surface area contributed by atoms with Crippen LogP contribution in [0, 0.1) is 0 Å². The van der Waals surface area contributed by atoms with Gasteiger partial charge in [-0.2, -0.15) is 0 Å². The Kier molecular flexibility index (Phi) is 3.77. The summed E-state index contributed by atoms with van der Waals surface area (Å²) < 4.78 is 0. The number of rotatable bonds is 4. The Morgan fingerprint density at radius 1 is 0.842 bits per heavy atom. The van der Waals surface area contributed by atoms with Crippen molar-refractivity contribution >= 4 is 5.69 Å². The summed E-state index contributed by atoms with van der Waals surface area (Å²) in [7, 11) is 0. The highest BCUT2D eigenvalue weighted by atomic mass is 16.3. The van der Waals surface area contributed by atoms with E-state index in [1.165, 1.54) is 12.1 Å². The summed E-state index contributed by atoms with van der Waals surface area (Å²) in [6.07, 6.45) is 0. The quantitative estimate of drug-likeness (QED) is 0.542. The second kappa shape index (κ2) is 5.49. The van der Waals surface area contributed by atoms with E-state index < -0.39 is 5.75 Å². The van der Waals surface area contributed by atoms with Crippen LogP contribution in [0.3, 0.4) is 0 Å². The van der Waals surface area contributed by atoms with Crippen LogP contribution in [0.1, 0.15) is 11.1 Å². The largest absolute Gasteiger partial charge is 0.504 e. The summed E-state index contributed by atoms with van der Waals surface area (Å²) in [5.74, 6) is -1.25. The molecule has 0 spiro atoms. The Morgan fingerprint density at radius 2 is 1.58 bits per heavy atom. The van der Waals surface area contributed by atoms with Crippen LogP contribution in [0.15, 0.2) is 36.4 Å². The second-order valence-corrected chi connectivity index (χ2v) is 4.11. The molecule has 19 heavy (non-hydrogen) atoms. The number of hydrogen-bond donors (Lipinski definition) is 5. The van der Waals surface area contributed by atoms with Crippen molar-refractivity contribution in [1.82, 2.24) is 0 Å². The summed E-state index contributed by atoms with van der Waals surface area (Å²) in [5, 5.41) is 40.6. The average molecular weight is 261 g/mol. The molecule has 100 valence electrons. The van der Waals surface area contributed by atoms with Crippen molar-refractivity contribution in [1.29, 1.82) is 0 Å². The molecule has 0 aliphatic carbocycles. The Balaban J connectivity index is 2.17. The van der Waals surface area contributed by atoms with E-state index in [-0.39, 0.29) is 24.7 Å². The van der Waals surface area contributed by atoms with Gasteiger partial charge in [-0.15, -0.1) is 0 Å². The number of para-hydroxylation sites is 1. The average Bonchev–Trinajstić information content (AvgIpc) is 2.44. The molecule has 2 aromatic rings. The maximum absolute atomic E-state index is 9.68. The molecule has 0 amide bonds. The van der Waals surface area contributed by atoms with Crippen molar-refractivity contribution in [3.63, 3.8) is 0 Å². The Labute approximate surface area is 110 Å². The fourth-order valence-corrected chi connectivity index (χ4v) is 1.77. The minimum absolute atomic E-state index is 0.0873. The van der Waals surface area contributed by atoms with Gasteiger partial charge in [0.05, 0.1) is 6.61 Å². The van der Waals surface area contributed by atoms with Crippen LogP contribution in [0.5, 0.6) is 17.2 Å². The van der Waals surface area contributed by atoms with E-state index in [9.17, 15) is 20.4 Å². The first-order valence-corrected chi connectivity index (χ1v) is 5.79. The van der Waals surface area contributed by atoms with E-state index in [1.807, 2.05) is 18.2 Å². The molecular weight excluding hydrogens is 246 g/mol. The molecule has 5 nitrogen and oxygen atoms in total. The van der Waals surface area contributed by atoms with Crippen LogP contribution in [0.2, 0.25) is 0 Å². The van der Waals surface area contributed by atoms with Gasteiger partial charge in [-0.25, -0.2) is 0 Å². The van der Waals surface area contributed by atoms with Crippen LogP contribution >= 0.6 is 0 Å². The number of aromatic hydroxyl groups is 3. The molecule has 2 aromatic carbocycles. The molecule has 0 saturated carbocycles.